The Morgan fingerprint density at radius 1 is 1.28 bits per heavy atom. The molecule has 1 atom stereocenters. The fraction of sp³-hybridized carbons (Fsp3) is 0.625. The molecule has 1 aromatic rings. The standard InChI is InChI=1S/C16H26NSi/c1-5-18(6-2)14-10-13-8-7-9-15(12(3)4)16(13)17-11-14/h7-9,12,14,17H,5-6,10-11H2,1-4H3. The van der Waals surface area contributed by atoms with E-state index in [1.807, 2.05) is 0 Å². The van der Waals surface area contributed by atoms with Crippen LogP contribution in [0.4, 0.5) is 5.69 Å². The second kappa shape index (κ2) is 5.92. The SMILES string of the molecule is CC[Si](CC)C1CNc2c(cccc2C(C)C)C1. The van der Waals surface area contributed by atoms with Crippen LogP contribution in [-0.2, 0) is 6.42 Å². The monoisotopic (exact) mass is 260 g/mol. The molecule has 1 nitrogen and oxygen atoms in total. The molecule has 2 rings (SSSR count). The molecule has 0 amide bonds. The fourth-order valence-corrected chi connectivity index (χ4v) is 5.72. The maximum absolute atomic E-state index is 3.74. The van der Waals surface area contributed by atoms with Crippen molar-refractivity contribution in [2.75, 3.05) is 11.9 Å². The summed E-state index contributed by atoms with van der Waals surface area (Å²) in [6.07, 6.45) is 1.30. The fourth-order valence-electron chi connectivity index (χ4n) is 3.17. The van der Waals surface area contributed by atoms with Gasteiger partial charge in [-0.15, -0.1) is 0 Å². The van der Waals surface area contributed by atoms with E-state index in [1.54, 1.807) is 5.56 Å². The molecule has 18 heavy (non-hydrogen) atoms. The first kappa shape index (κ1) is 13.7. The highest BCUT2D eigenvalue weighted by atomic mass is 28.3. The molecular weight excluding hydrogens is 234 g/mol. The zero-order valence-electron chi connectivity index (χ0n) is 12.2. The Labute approximate surface area is 114 Å². The van der Waals surface area contributed by atoms with E-state index >= 15 is 0 Å². The summed E-state index contributed by atoms with van der Waals surface area (Å²) < 4.78 is 0. The number of anilines is 1. The van der Waals surface area contributed by atoms with Crippen LogP contribution in [0.5, 0.6) is 0 Å². The lowest BCUT2D eigenvalue weighted by atomic mass is 9.93. The van der Waals surface area contributed by atoms with Gasteiger partial charge in [0.15, 0.2) is 0 Å². The van der Waals surface area contributed by atoms with Gasteiger partial charge in [-0.25, -0.2) is 0 Å². The normalized spacial score (nSPS) is 18.9. The van der Waals surface area contributed by atoms with Crippen molar-refractivity contribution in [3.63, 3.8) is 0 Å². The van der Waals surface area contributed by atoms with E-state index in [9.17, 15) is 0 Å². The van der Waals surface area contributed by atoms with Crippen molar-refractivity contribution in [1.29, 1.82) is 0 Å². The van der Waals surface area contributed by atoms with Gasteiger partial charge in [0, 0.05) is 12.2 Å². The molecule has 0 saturated heterocycles. The van der Waals surface area contributed by atoms with E-state index in [0.717, 1.165) is 5.54 Å². The Morgan fingerprint density at radius 2 is 2.00 bits per heavy atom. The average Bonchev–Trinajstić information content (AvgIpc) is 2.39. The van der Waals surface area contributed by atoms with Crippen LogP contribution >= 0.6 is 0 Å². The molecule has 99 valence electrons. The number of fused-ring (bicyclic) bond motifs is 1. The summed E-state index contributed by atoms with van der Waals surface area (Å²) in [6, 6.07) is 9.66. The summed E-state index contributed by atoms with van der Waals surface area (Å²) in [6.45, 7) is 10.5. The maximum Gasteiger partial charge on any atom is 0.0530 e. The molecule has 0 fully saturated rings. The molecule has 0 aromatic heterocycles. The van der Waals surface area contributed by atoms with Crippen molar-refractivity contribution in [3.8, 4) is 0 Å². The molecule has 0 bridgehead atoms. The van der Waals surface area contributed by atoms with E-state index < -0.39 is 0 Å². The van der Waals surface area contributed by atoms with Gasteiger partial charge < -0.3 is 5.32 Å². The average molecular weight is 260 g/mol. The predicted octanol–water partition coefficient (Wildman–Crippen LogP) is 4.68. The minimum atomic E-state index is -0.161. The minimum absolute atomic E-state index is 0.161. The summed E-state index contributed by atoms with van der Waals surface area (Å²) in [7, 11) is -0.161. The third-order valence-electron chi connectivity index (χ3n) is 4.28. The Hall–Kier alpha value is -0.763. The lowest BCUT2D eigenvalue weighted by Crippen LogP contribution is -2.31. The topological polar surface area (TPSA) is 12.0 Å². The van der Waals surface area contributed by atoms with E-state index in [-0.39, 0.29) is 8.80 Å². The predicted molar refractivity (Wildman–Crippen MR) is 83.2 cm³/mol. The number of nitrogens with one attached hydrogen (secondary N) is 1. The van der Waals surface area contributed by atoms with Crippen LogP contribution in [-0.4, -0.2) is 15.3 Å². The molecule has 0 aliphatic carbocycles. The van der Waals surface area contributed by atoms with Gasteiger partial charge in [0.1, 0.15) is 0 Å². The second-order valence-electron chi connectivity index (χ2n) is 5.68. The number of hydrogen-bond acceptors (Lipinski definition) is 1. The summed E-state index contributed by atoms with van der Waals surface area (Å²) in [5.74, 6) is 0.617. The van der Waals surface area contributed by atoms with Gasteiger partial charge in [0.2, 0.25) is 0 Å². The Balaban J connectivity index is 2.23. The quantitative estimate of drug-likeness (QED) is 0.775. The number of benzene rings is 1. The van der Waals surface area contributed by atoms with Crippen LogP contribution in [0, 0.1) is 0 Å². The highest BCUT2D eigenvalue weighted by Crippen LogP contribution is 2.36. The lowest BCUT2D eigenvalue weighted by molar-refractivity contribution is 0.779. The van der Waals surface area contributed by atoms with Gasteiger partial charge in [-0.3, -0.25) is 0 Å². The maximum atomic E-state index is 3.74. The molecule has 1 aliphatic heterocycles. The summed E-state index contributed by atoms with van der Waals surface area (Å²) in [4.78, 5) is 0. The first-order valence-corrected chi connectivity index (χ1v) is 9.36. The number of para-hydroxylation sites is 1. The van der Waals surface area contributed by atoms with Crippen LogP contribution in [0.3, 0.4) is 0 Å². The van der Waals surface area contributed by atoms with Crippen molar-refractivity contribution in [2.24, 2.45) is 0 Å². The first-order chi connectivity index (χ1) is 8.67. The van der Waals surface area contributed by atoms with Crippen LogP contribution in [0.1, 0.15) is 44.7 Å². The number of rotatable bonds is 4. The van der Waals surface area contributed by atoms with Gasteiger partial charge in [-0.1, -0.05) is 58.0 Å². The minimum Gasteiger partial charge on any atom is -0.385 e. The summed E-state index contributed by atoms with van der Waals surface area (Å²) in [5, 5.41) is 3.74. The van der Waals surface area contributed by atoms with Crippen LogP contribution in [0.15, 0.2) is 18.2 Å². The van der Waals surface area contributed by atoms with Crippen LogP contribution in [0.25, 0.3) is 0 Å². The van der Waals surface area contributed by atoms with Gasteiger partial charge in [-0.05, 0) is 29.0 Å². The highest BCUT2D eigenvalue weighted by molar-refractivity contribution is 6.60. The van der Waals surface area contributed by atoms with Crippen molar-refractivity contribution in [3.05, 3.63) is 29.3 Å². The molecule has 1 heterocycles. The molecule has 1 radical (unpaired) electrons. The van der Waals surface area contributed by atoms with Gasteiger partial charge in [-0.2, -0.15) is 0 Å². The van der Waals surface area contributed by atoms with Gasteiger partial charge in [0.25, 0.3) is 0 Å². The molecule has 1 aromatic carbocycles. The van der Waals surface area contributed by atoms with Crippen molar-refractivity contribution in [2.45, 2.75) is 57.7 Å². The van der Waals surface area contributed by atoms with E-state index in [0.29, 0.717) is 5.92 Å². The smallest absolute Gasteiger partial charge is 0.0530 e. The third-order valence-corrected chi connectivity index (χ3v) is 7.66. The molecular formula is C16H26NSi. The van der Waals surface area contributed by atoms with Gasteiger partial charge >= 0.3 is 0 Å². The lowest BCUT2D eigenvalue weighted by Gasteiger charge is -2.32. The van der Waals surface area contributed by atoms with Crippen LogP contribution in [0.2, 0.25) is 17.6 Å². The summed E-state index contributed by atoms with van der Waals surface area (Å²) in [5.41, 5.74) is 5.41. The van der Waals surface area contributed by atoms with Crippen molar-refractivity contribution >= 4 is 14.5 Å². The molecule has 1 N–H and O–H groups in total. The van der Waals surface area contributed by atoms with Gasteiger partial charge in [0.05, 0.1) is 8.80 Å². The van der Waals surface area contributed by atoms with E-state index in [1.165, 1.54) is 36.3 Å². The first-order valence-electron chi connectivity index (χ1n) is 7.37. The van der Waals surface area contributed by atoms with Crippen molar-refractivity contribution in [1.82, 2.24) is 0 Å². The largest absolute Gasteiger partial charge is 0.385 e. The number of hydrogen-bond donors (Lipinski definition) is 1. The third kappa shape index (κ3) is 2.63. The summed E-state index contributed by atoms with van der Waals surface area (Å²) >= 11 is 0. The Bertz CT molecular complexity index is 396. The zero-order chi connectivity index (χ0) is 13.1. The zero-order valence-corrected chi connectivity index (χ0v) is 13.2. The molecule has 0 spiro atoms. The van der Waals surface area contributed by atoms with Crippen LogP contribution < -0.4 is 5.32 Å². The Morgan fingerprint density at radius 3 is 2.61 bits per heavy atom. The molecule has 1 aliphatic rings. The highest BCUT2D eigenvalue weighted by Gasteiger charge is 2.26. The second-order valence-corrected chi connectivity index (χ2v) is 9.23. The van der Waals surface area contributed by atoms with E-state index in [2.05, 4.69) is 51.2 Å². The molecule has 1 unspecified atom stereocenters. The van der Waals surface area contributed by atoms with Crippen molar-refractivity contribution < 1.29 is 0 Å². The Kier molecular flexibility index (Phi) is 4.49. The molecule has 2 heteroatoms. The van der Waals surface area contributed by atoms with E-state index in [4.69, 9.17) is 0 Å². The molecule has 0 saturated carbocycles.